The summed E-state index contributed by atoms with van der Waals surface area (Å²) in [5.41, 5.74) is 0. The molecule has 0 aromatic carbocycles. The fourth-order valence-electron chi connectivity index (χ4n) is 3.83. The first-order chi connectivity index (χ1) is 9.17. The molecule has 2 fully saturated rings. The van der Waals surface area contributed by atoms with Gasteiger partial charge in [0.1, 0.15) is 0 Å². The van der Waals surface area contributed by atoms with Gasteiger partial charge < -0.3 is 10.1 Å². The first kappa shape index (κ1) is 15.3. The summed E-state index contributed by atoms with van der Waals surface area (Å²) in [6.45, 7) is 8.25. The van der Waals surface area contributed by atoms with E-state index in [1.165, 1.54) is 38.5 Å². The van der Waals surface area contributed by atoms with Crippen LogP contribution in [0.5, 0.6) is 0 Å². The second-order valence-corrected chi connectivity index (χ2v) is 7.05. The molecule has 0 aliphatic heterocycles. The second kappa shape index (κ2) is 7.08. The average Bonchev–Trinajstić information content (AvgIpc) is 3.22. The largest absolute Gasteiger partial charge is 0.380 e. The molecule has 5 atom stereocenters. The van der Waals surface area contributed by atoms with E-state index in [9.17, 15) is 0 Å². The van der Waals surface area contributed by atoms with Gasteiger partial charge in [-0.05, 0) is 62.3 Å². The second-order valence-electron chi connectivity index (χ2n) is 7.05. The maximum Gasteiger partial charge on any atom is 0.0755 e. The highest BCUT2D eigenvalue weighted by Gasteiger charge is 2.41. The lowest BCUT2D eigenvalue weighted by atomic mass is 9.72. The SMILES string of the molecule is CCCNC(C1CCC(C)C(C)C1)C(OC)C1CC1. The van der Waals surface area contributed by atoms with E-state index in [0.717, 1.165) is 30.2 Å². The molecule has 0 aromatic rings. The molecule has 5 unspecified atom stereocenters. The Balaban J connectivity index is 1.99. The van der Waals surface area contributed by atoms with Gasteiger partial charge in [-0.15, -0.1) is 0 Å². The molecule has 2 aliphatic rings. The van der Waals surface area contributed by atoms with Crippen LogP contribution in [0.4, 0.5) is 0 Å². The molecule has 0 amide bonds. The summed E-state index contributed by atoms with van der Waals surface area (Å²) in [6.07, 6.45) is 8.60. The third-order valence-corrected chi connectivity index (χ3v) is 5.49. The molecule has 0 heterocycles. The van der Waals surface area contributed by atoms with Crippen molar-refractivity contribution in [3.05, 3.63) is 0 Å². The average molecular weight is 267 g/mol. The molecule has 2 heteroatoms. The molecule has 2 aliphatic carbocycles. The first-order valence-electron chi connectivity index (χ1n) is 8.43. The van der Waals surface area contributed by atoms with Gasteiger partial charge >= 0.3 is 0 Å². The van der Waals surface area contributed by atoms with Crippen molar-refractivity contribution < 1.29 is 4.74 Å². The van der Waals surface area contributed by atoms with Gasteiger partial charge in [-0.25, -0.2) is 0 Å². The number of hydrogen-bond acceptors (Lipinski definition) is 2. The lowest BCUT2D eigenvalue weighted by Crippen LogP contribution is -2.49. The first-order valence-corrected chi connectivity index (χ1v) is 8.43. The van der Waals surface area contributed by atoms with E-state index in [-0.39, 0.29) is 0 Å². The molecule has 0 spiro atoms. The molecular weight excluding hydrogens is 234 g/mol. The maximum absolute atomic E-state index is 5.89. The highest BCUT2D eigenvalue weighted by atomic mass is 16.5. The van der Waals surface area contributed by atoms with Crippen molar-refractivity contribution in [3.63, 3.8) is 0 Å². The molecule has 112 valence electrons. The van der Waals surface area contributed by atoms with E-state index in [0.29, 0.717) is 12.1 Å². The van der Waals surface area contributed by atoms with E-state index in [1.54, 1.807) is 0 Å². The predicted octanol–water partition coefficient (Wildman–Crippen LogP) is 3.85. The molecule has 2 nitrogen and oxygen atoms in total. The van der Waals surface area contributed by atoms with Crippen LogP contribution >= 0.6 is 0 Å². The molecule has 0 saturated heterocycles. The fraction of sp³-hybridized carbons (Fsp3) is 1.00. The van der Waals surface area contributed by atoms with Gasteiger partial charge in [-0.3, -0.25) is 0 Å². The van der Waals surface area contributed by atoms with Gasteiger partial charge in [0, 0.05) is 13.2 Å². The van der Waals surface area contributed by atoms with Crippen molar-refractivity contribution in [2.24, 2.45) is 23.7 Å². The van der Waals surface area contributed by atoms with Crippen LogP contribution in [0.15, 0.2) is 0 Å². The van der Waals surface area contributed by atoms with Crippen molar-refractivity contribution in [1.29, 1.82) is 0 Å². The smallest absolute Gasteiger partial charge is 0.0755 e. The molecular formula is C17H33NO. The van der Waals surface area contributed by atoms with Crippen molar-refractivity contribution in [2.45, 2.75) is 71.4 Å². The summed E-state index contributed by atoms with van der Waals surface area (Å²) < 4.78 is 5.89. The van der Waals surface area contributed by atoms with Crippen LogP contribution in [0.3, 0.4) is 0 Å². The number of rotatable bonds is 7. The molecule has 2 saturated carbocycles. The van der Waals surface area contributed by atoms with Crippen LogP contribution in [0.2, 0.25) is 0 Å². The minimum absolute atomic E-state index is 0.456. The van der Waals surface area contributed by atoms with Crippen LogP contribution in [0, 0.1) is 23.7 Å². The Bertz CT molecular complexity index is 264. The molecule has 19 heavy (non-hydrogen) atoms. The predicted molar refractivity (Wildman–Crippen MR) is 81.3 cm³/mol. The fourth-order valence-corrected chi connectivity index (χ4v) is 3.83. The van der Waals surface area contributed by atoms with Crippen LogP contribution in [0.1, 0.15) is 59.3 Å². The lowest BCUT2D eigenvalue weighted by molar-refractivity contribution is 0.0151. The van der Waals surface area contributed by atoms with E-state index >= 15 is 0 Å². The lowest BCUT2D eigenvalue weighted by Gasteiger charge is -2.40. The van der Waals surface area contributed by atoms with Crippen molar-refractivity contribution in [1.82, 2.24) is 5.32 Å². The Morgan fingerprint density at radius 3 is 2.26 bits per heavy atom. The van der Waals surface area contributed by atoms with Crippen LogP contribution in [-0.2, 0) is 4.74 Å². The monoisotopic (exact) mass is 267 g/mol. The third kappa shape index (κ3) is 3.95. The Morgan fingerprint density at radius 1 is 1.05 bits per heavy atom. The molecule has 0 radical (unpaired) electrons. The zero-order chi connectivity index (χ0) is 13.8. The van der Waals surface area contributed by atoms with Crippen LogP contribution < -0.4 is 5.32 Å². The summed E-state index contributed by atoms with van der Waals surface area (Å²) in [7, 11) is 1.92. The quantitative estimate of drug-likeness (QED) is 0.756. The number of nitrogens with one attached hydrogen (secondary N) is 1. The maximum atomic E-state index is 5.89. The Hall–Kier alpha value is -0.0800. The van der Waals surface area contributed by atoms with Gasteiger partial charge in [0.15, 0.2) is 0 Å². The van der Waals surface area contributed by atoms with E-state index in [2.05, 4.69) is 26.1 Å². The highest BCUT2D eigenvalue weighted by molar-refractivity contribution is 4.95. The summed E-state index contributed by atoms with van der Waals surface area (Å²) >= 11 is 0. The van der Waals surface area contributed by atoms with Gasteiger partial charge in [-0.1, -0.05) is 27.2 Å². The topological polar surface area (TPSA) is 21.3 Å². The van der Waals surface area contributed by atoms with Gasteiger partial charge in [0.25, 0.3) is 0 Å². The highest BCUT2D eigenvalue weighted by Crippen LogP contribution is 2.41. The van der Waals surface area contributed by atoms with Gasteiger partial charge in [0.2, 0.25) is 0 Å². The Kier molecular flexibility index (Phi) is 5.70. The van der Waals surface area contributed by atoms with E-state index in [1.807, 2.05) is 7.11 Å². The summed E-state index contributed by atoms with van der Waals surface area (Å²) in [5, 5.41) is 3.82. The van der Waals surface area contributed by atoms with Crippen LogP contribution in [-0.4, -0.2) is 25.8 Å². The number of hydrogen-bond donors (Lipinski definition) is 1. The summed E-state index contributed by atoms with van der Waals surface area (Å²) in [5.74, 6) is 3.43. The van der Waals surface area contributed by atoms with E-state index < -0.39 is 0 Å². The Labute approximate surface area is 119 Å². The standard InChI is InChI=1S/C17H33NO/c1-5-10-18-16(17(19-4)14-8-9-14)15-7-6-12(2)13(3)11-15/h12-18H,5-11H2,1-4H3. The van der Waals surface area contributed by atoms with E-state index in [4.69, 9.17) is 4.74 Å². The van der Waals surface area contributed by atoms with Gasteiger partial charge in [0.05, 0.1) is 6.10 Å². The zero-order valence-electron chi connectivity index (χ0n) is 13.3. The molecule has 0 aromatic heterocycles. The minimum Gasteiger partial charge on any atom is -0.380 e. The number of ether oxygens (including phenoxy) is 1. The number of methoxy groups -OCH3 is 1. The minimum atomic E-state index is 0.456. The zero-order valence-corrected chi connectivity index (χ0v) is 13.3. The van der Waals surface area contributed by atoms with Crippen LogP contribution in [0.25, 0.3) is 0 Å². The Morgan fingerprint density at radius 2 is 1.74 bits per heavy atom. The van der Waals surface area contributed by atoms with Gasteiger partial charge in [-0.2, -0.15) is 0 Å². The van der Waals surface area contributed by atoms with Crippen molar-refractivity contribution in [2.75, 3.05) is 13.7 Å². The summed E-state index contributed by atoms with van der Waals surface area (Å²) in [4.78, 5) is 0. The summed E-state index contributed by atoms with van der Waals surface area (Å²) in [6, 6.07) is 0.590. The normalized spacial score (nSPS) is 35.1. The molecule has 2 rings (SSSR count). The van der Waals surface area contributed by atoms with Crippen molar-refractivity contribution in [3.8, 4) is 0 Å². The molecule has 0 bridgehead atoms. The van der Waals surface area contributed by atoms with Crippen molar-refractivity contribution >= 4 is 0 Å². The molecule has 1 N–H and O–H groups in total. The third-order valence-electron chi connectivity index (χ3n) is 5.49.